The Labute approximate surface area is 153 Å². The van der Waals surface area contributed by atoms with Crippen LogP contribution in [-0.2, 0) is 12.8 Å². The van der Waals surface area contributed by atoms with Crippen molar-refractivity contribution >= 4 is 39.4 Å². The summed E-state index contributed by atoms with van der Waals surface area (Å²) in [4.78, 5) is 19.6. The van der Waals surface area contributed by atoms with Gasteiger partial charge in [-0.3, -0.25) is 4.79 Å². The van der Waals surface area contributed by atoms with Gasteiger partial charge in [-0.25, -0.2) is 4.98 Å². The number of benzene rings is 1. The lowest BCUT2D eigenvalue weighted by Crippen LogP contribution is -2.21. The third-order valence-corrected chi connectivity index (χ3v) is 5.85. The second kappa shape index (κ2) is 6.28. The molecule has 2 aromatic heterocycles. The standard InChI is InChI=1S/C18H16ClN3O2S/c1-10-21-17-16(13-4-2-3-5-15(13)25-17)18(24)22(10)20-9-11-8-12(19)6-7-14(11)23/h6-9,23H,2-5H2,1H3/b20-9+. The second-order valence-corrected chi connectivity index (χ2v) is 7.63. The predicted octanol–water partition coefficient (Wildman–Crippen LogP) is 3.89. The molecule has 5 nitrogen and oxygen atoms in total. The highest BCUT2D eigenvalue weighted by atomic mass is 35.5. The summed E-state index contributed by atoms with van der Waals surface area (Å²) >= 11 is 7.57. The molecule has 0 aliphatic heterocycles. The number of fused-ring (bicyclic) bond motifs is 3. The Hall–Kier alpha value is -2.18. The number of nitrogens with zero attached hydrogens (tertiary/aromatic N) is 3. The van der Waals surface area contributed by atoms with Crippen molar-refractivity contribution in [3.8, 4) is 5.75 Å². The van der Waals surface area contributed by atoms with Gasteiger partial charge in [0.25, 0.3) is 5.56 Å². The highest BCUT2D eigenvalue weighted by Crippen LogP contribution is 2.33. The van der Waals surface area contributed by atoms with Gasteiger partial charge in [0.2, 0.25) is 0 Å². The Kier molecular flexibility index (Phi) is 4.09. The number of aromatic hydroxyl groups is 1. The third kappa shape index (κ3) is 2.85. The fourth-order valence-electron chi connectivity index (χ4n) is 3.18. The Morgan fingerprint density at radius 2 is 2.16 bits per heavy atom. The second-order valence-electron chi connectivity index (χ2n) is 6.11. The van der Waals surface area contributed by atoms with Crippen LogP contribution in [0.25, 0.3) is 10.2 Å². The lowest BCUT2D eigenvalue weighted by molar-refractivity contribution is 0.474. The van der Waals surface area contributed by atoms with Crippen LogP contribution in [0, 0.1) is 6.92 Å². The van der Waals surface area contributed by atoms with E-state index >= 15 is 0 Å². The Balaban J connectivity index is 1.86. The summed E-state index contributed by atoms with van der Waals surface area (Å²) in [5.74, 6) is 0.578. The maximum absolute atomic E-state index is 13.0. The monoisotopic (exact) mass is 373 g/mol. The maximum atomic E-state index is 13.0. The van der Waals surface area contributed by atoms with Crippen LogP contribution < -0.4 is 5.56 Å². The molecule has 1 N–H and O–H groups in total. The largest absolute Gasteiger partial charge is 0.507 e. The first kappa shape index (κ1) is 16.3. The molecule has 25 heavy (non-hydrogen) atoms. The van der Waals surface area contributed by atoms with Gasteiger partial charge in [0, 0.05) is 15.5 Å². The molecule has 0 radical (unpaired) electrons. The van der Waals surface area contributed by atoms with E-state index in [1.165, 1.54) is 28.3 Å². The van der Waals surface area contributed by atoms with Crippen LogP contribution in [0.4, 0.5) is 0 Å². The molecule has 3 aromatic rings. The molecule has 1 aromatic carbocycles. The first-order chi connectivity index (χ1) is 12.0. The first-order valence-electron chi connectivity index (χ1n) is 8.11. The number of aromatic nitrogens is 2. The van der Waals surface area contributed by atoms with Crippen LogP contribution >= 0.6 is 22.9 Å². The van der Waals surface area contributed by atoms with Crippen LogP contribution in [0.5, 0.6) is 5.75 Å². The molecule has 0 saturated carbocycles. The average molecular weight is 374 g/mol. The van der Waals surface area contributed by atoms with Crippen molar-refractivity contribution in [2.24, 2.45) is 5.10 Å². The van der Waals surface area contributed by atoms with Crippen LogP contribution in [0.2, 0.25) is 5.02 Å². The molecule has 0 bridgehead atoms. The SMILES string of the molecule is Cc1nc2sc3c(c2c(=O)n1/N=C/c1cc(Cl)ccc1O)CCCC3. The minimum atomic E-state index is -0.153. The van der Waals surface area contributed by atoms with Crippen LogP contribution in [0.1, 0.15) is 34.7 Å². The van der Waals surface area contributed by atoms with E-state index in [2.05, 4.69) is 10.1 Å². The van der Waals surface area contributed by atoms with Gasteiger partial charge < -0.3 is 5.11 Å². The minimum absolute atomic E-state index is 0.0563. The smallest absolute Gasteiger partial charge is 0.283 e. The van der Waals surface area contributed by atoms with E-state index in [-0.39, 0.29) is 11.3 Å². The number of halogens is 1. The number of aryl methyl sites for hydroxylation is 3. The fraction of sp³-hybridized carbons (Fsp3) is 0.278. The lowest BCUT2D eigenvalue weighted by atomic mass is 9.97. The van der Waals surface area contributed by atoms with Gasteiger partial charge in [0.1, 0.15) is 16.4 Å². The molecular weight excluding hydrogens is 358 g/mol. The van der Waals surface area contributed by atoms with E-state index in [4.69, 9.17) is 11.6 Å². The van der Waals surface area contributed by atoms with Crippen molar-refractivity contribution in [1.29, 1.82) is 0 Å². The predicted molar refractivity (Wildman–Crippen MR) is 101 cm³/mol. The zero-order valence-corrected chi connectivity index (χ0v) is 15.2. The Morgan fingerprint density at radius 1 is 1.36 bits per heavy atom. The van der Waals surface area contributed by atoms with Crippen molar-refractivity contribution in [2.75, 3.05) is 0 Å². The topological polar surface area (TPSA) is 67.5 Å². The van der Waals surface area contributed by atoms with Gasteiger partial charge in [0.15, 0.2) is 0 Å². The molecule has 1 aliphatic carbocycles. The summed E-state index contributed by atoms with van der Waals surface area (Å²) in [5.41, 5.74) is 1.43. The molecule has 2 heterocycles. The molecule has 0 amide bonds. The molecule has 1 aliphatic rings. The molecule has 0 saturated heterocycles. The number of hydrogen-bond donors (Lipinski definition) is 1. The molecule has 0 fully saturated rings. The zero-order chi connectivity index (χ0) is 17.6. The van der Waals surface area contributed by atoms with Gasteiger partial charge in [-0.2, -0.15) is 9.78 Å². The van der Waals surface area contributed by atoms with Crippen LogP contribution in [0.3, 0.4) is 0 Å². The minimum Gasteiger partial charge on any atom is -0.507 e. The molecule has 0 unspecified atom stereocenters. The third-order valence-electron chi connectivity index (χ3n) is 4.43. The van der Waals surface area contributed by atoms with E-state index in [0.717, 1.165) is 29.7 Å². The van der Waals surface area contributed by atoms with Crippen molar-refractivity contribution in [1.82, 2.24) is 9.66 Å². The molecule has 0 spiro atoms. The zero-order valence-electron chi connectivity index (χ0n) is 13.6. The molecule has 128 valence electrons. The molecule has 0 atom stereocenters. The van der Waals surface area contributed by atoms with Gasteiger partial charge in [-0.05, 0) is 56.4 Å². The van der Waals surface area contributed by atoms with Crippen molar-refractivity contribution in [2.45, 2.75) is 32.6 Å². The summed E-state index contributed by atoms with van der Waals surface area (Å²) in [6, 6.07) is 4.69. The summed E-state index contributed by atoms with van der Waals surface area (Å²) in [7, 11) is 0. The van der Waals surface area contributed by atoms with E-state index < -0.39 is 0 Å². The number of rotatable bonds is 2. The van der Waals surface area contributed by atoms with Crippen molar-refractivity contribution < 1.29 is 5.11 Å². The highest BCUT2D eigenvalue weighted by molar-refractivity contribution is 7.18. The molecule has 4 rings (SSSR count). The first-order valence-corrected chi connectivity index (χ1v) is 9.31. The van der Waals surface area contributed by atoms with Crippen LogP contribution in [0.15, 0.2) is 28.1 Å². The van der Waals surface area contributed by atoms with Gasteiger partial charge in [-0.1, -0.05) is 11.6 Å². The fourth-order valence-corrected chi connectivity index (χ4v) is 4.66. The van der Waals surface area contributed by atoms with E-state index in [0.29, 0.717) is 21.8 Å². The van der Waals surface area contributed by atoms with Gasteiger partial charge in [0.05, 0.1) is 11.6 Å². The summed E-state index contributed by atoms with van der Waals surface area (Å²) < 4.78 is 1.30. The number of phenols is 1. The van der Waals surface area contributed by atoms with Crippen molar-refractivity contribution in [3.05, 3.63) is 55.4 Å². The van der Waals surface area contributed by atoms with E-state index in [1.807, 2.05) is 0 Å². The number of phenolic OH excluding ortho intramolecular Hbond substituents is 1. The lowest BCUT2D eigenvalue weighted by Gasteiger charge is -2.10. The molecule has 7 heteroatoms. The van der Waals surface area contributed by atoms with E-state index in [1.54, 1.807) is 30.4 Å². The average Bonchev–Trinajstić information content (AvgIpc) is 2.95. The van der Waals surface area contributed by atoms with Crippen molar-refractivity contribution in [3.63, 3.8) is 0 Å². The van der Waals surface area contributed by atoms with Gasteiger partial charge >= 0.3 is 0 Å². The maximum Gasteiger partial charge on any atom is 0.283 e. The Bertz CT molecular complexity index is 1070. The van der Waals surface area contributed by atoms with E-state index in [9.17, 15) is 9.90 Å². The molecular formula is C18H16ClN3O2S. The number of thiophene rings is 1. The highest BCUT2D eigenvalue weighted by Gasteiger charge is 2.21. The number of hydrogen-bond acceptors (Lipinski definition) is 5. The Morgan fingerprint density at radius 3 is 3.00 bits per heavy atom. The normalized spacial score (nSPS) is 14.3. The summed E-state index contributed by atoms with van der Waals surface area (Å²) in [5, 5.41) is 15.3. The van der Waals surface area contributed by atoms with Crippen LogP contribution in [-0.4, -0.2) is 21.0 Å². The quantitative estimate of drug-likeness (QED) is 0.693. The summed E-state index contributed by atoms with van der Waals surface area (Å²) in [6.07, 6.45) is 5.65. The van der Waals surface area contributed by atoms with Gasteiger partial charge in [-0.15, -0.1) is 11.3 Å². The summed E-state index contributed by atoms with van der Waals surface area (Å²) in [6.45, 7) is 1.76.